The molecule has 2 N–H and O–H groups in total. The van der Waals surface area contributed by atoms with Crippen LogP contribution in [0.15, 0.2) is 101 Å². The summed E-state index contributed by atoms with van der Waals surface area (Å²) in [7, 11) is 0. The second kappa shape index (κ2) is 15.6. The topological polar surface area (TPSA) is 149 Å². The molecule has 2 unspecified atom stereocenters. The fourth-order valence-corrected chi connectivity index (χ4v) is 5.56. The molecule has 1 aliphatic rings. The molecule has 0 radical (unpaired) electrons. The van der Waals surface area contributed by atoms with E-state index < -0.39 is 53.2 Å². The Kier molecular flexibility index (Phi) is 11.1. The van der Waals surface area contributed by atoms with Gasteiger partial charge in [-0.2, -0.15) is 0 Å². The second-order valence-corrected chi connectivity index (χ2v) is 12.8. The molecule has 1 amide bonds. The first-order valence-electron chi connectivity index (χ1n) is 16.2. The number of aliphatic carboxylic acids is 1. The third-order valence-electron chi connectivity index (χ3n) is 7.99. The molecule has 0 aliphatic carbocycles. The molecular formula is C39H40N2O9. The molecule has 4 aromatic rings. The number of hydrogen-bond acceptors (Lipinski definition) is 9. The Morgan fingerprint density at radius 1 is 0.940 bits per heavy atom. The van der Waals surface area contributed by atoms with E-state index in [4.69, 9.17) is 18.6 Å². The first kappa shape index (κ1) is 35.5. The minimum atomic E-state index is -1.41. The lowest BCUT2D eigenvalue weighted by Gasteiger charge is -2.34. The van der Waals surface area contributed by atoms with E-state index >= 15 is 0 Å². The van der Waals surface area contributed by atoms with Crippen molar-refractivity contribution in [3.8, 4) is 11.5 Å². The molecular weight excluding hydrogens is 640 g/mol. The number of aliphatic hydroxyl groups excluding tert-OH is 1. The van der Waals surface area contributed by atoms with Gasteiger partial charge < -0.3 is 33.7 Å². The second-order valence-electron chi connectivity index (χ2n) is 12.8. The first-order valence-corrected chi connectivity index (χ1v) is 16.2. The highest BCUT2D eigenvalue weighted by Crippen LogP contribution is 2.38. The summed E-state index contributed by atoms with van der Waals surface area (Å²) in [6.07, 6.45) is 6.75. The number of nitrogens with zero attached hydrogens (tertiary/aromatic N) is 2. The fraction of sp³-hybridized carbons (Fsp3) is 0.282. The van der Waals surface area contributed by atoms with Gasteiger partial charge in [0.1, 0.15) is 11.1 Å². The van der Waals surface area contributed by atoms with Crippen LogP contribution in [0, 0.1) is 0 Å². The molecule has 1 aliphatic heterocycles. The Morgan fingerprint density at radius 2 is 1.66 bits per heavy atom. The van der Waals surface area contributed by atoms with Crippen LogP contribution in [0.5, 0.6) is 11.5 Å². The summed E-state index contributed by atoms with van der Waals surface area (Å²) in [6.45, 7) is 6.75. The van der Waals surface area contributed by atoms with Gasteiger partial charge in [-0.05, 0) is 75.6 Å². The molecule has 50 heavy (non-hydrogen) atoms. The van der Waals surface area contributed by atoms with Gasteiger partial charge in [-0.3, -0.25) is 9.59 Å². The fourth-order valence-electron chi connectivity index (χ4n) is 5.56. The number of esters is 1. The average Bonchev–Trinajstić information content (AvgIpc) is 3.73. The van der Waals surface area contributed by atoms with Crippen molar-refractivity contribution in [2.24, 2.45) is 0 Å². The monoisotopic (exact) mass is 680 g/mol. The summed E-state index contributed by atoms with van der Waals surface area (Å²) >= 11 is 0. The molecule has 0 saturated heterocycles. The van der Waals surface area contributed by atoms with Gasteiger partial charge >= 0.3 is 11.9 Å². The molecule has 0 fully saturated rings. The number of para-hydroxylation sites is 2. The van der Waals surface area contributed by atoms with Crippen molar-refractivity contribution in [3.05, 3.63) is 113 Å². The van der Waals surface area contributed by atoms with Crippen LogP contribution in [-0.2, 0) is 19.1 Å². The van der Waals surface area contributed by atoms with Crippen molar-refractivity contribution >= 4 is 41.1 Å². The SMILES string of the molecule is CC(C(C/C=C/c1nc2ccccc2o1)c1ccc2c(c1)OCO2)N(C/C=C/c1ccccc1)C(=O)/C(O)=C(/CC(=O)O)C(=O)OC(C)(C)C. The van der Waals surface area contributed by atoms with E-state index in [-0.39, 0.29) is 13.3 Å². The summed E-state index contributed by atoms with van der Waals surface area (Å²) < 4.78 is 22.4. The number of aliphatic hydroxyl groups is 1. The maximum Gasteiger partial charge on any atom is 0.339 e. The number of fused-ring (bicyclic) bond motifs is 2. The normalized spacial score (nSPS) is 14.5. The molecule has 0 spiro atoms. The molecule has 1 aromatic heterocycles. The number of carbonyl (C=O) groups excluding carboxylic acids is 2. The number of hydrogen-bond donors (Lipinski definition) is 2. The first-order chi connectivity index (χ1) is 23.9. The van der Waals surface area contributed by atoms with Gasteiger partial charge in [-0.15, -0.1) is 0 Å². The van der Waals surface area contributed by atoms with Crippen molar-refractivity contribution < 1.29 is 43.2 Å². The standard InChI is InChI=1S/C39H40N2O9/c1-25(28(27-19-20-32-33(22-27)48-24-47-32)15-10-18-34-40-30-16-8-9-17-31(30)49-34)41(21-11-14-26-12-6-5-7-13-26)37(45)36(44)29(23-35(42)43)38(46)50-39(2,3)4/h5-14,16-20,22,25,28,44H,15,21,23-24H2,1-4H3,(H,42,43)/b14-11+,18-10+,36-29+. The van der Waals surface area contributed by atoms with E-state index in [1.807, 2.05) is 85.8 Å². The number of benzene rings is 3. The lowest BCUT2D eigenvalue weighted by molar-refractivity contribution is -0.152. The highest BCUT2D eigenvalue weighted by atomic mass is 16.7. The minimum absolute atomic E-state index is 0.0174. The van der Waals surface area contributed by atoms with Gasteiger partial charge in [-0.25, -0.2) is 9.78 Å². The Balaban J connectivity index is 1.53. The number of carboxylic acids is 1. The van der Waals surface area contributed by atoms with Crippen molar-refractivity contribution in [1.82, 2.24) is 9.88 Å². The number of aromatic nitrogens is 1. The molecule has 0 saturated carbocycles. The van der Waals surface area contributed by atoms with Gasteiger partial charge in [0.2, 0.25) is 12.7 Å². The maximum absolute atomic E-state index is 14.2. The van der Waals surface area contributed by atoms with Gasteiger partial charge in [0.15, 0.2) is 22.8 Å². The van der Waals surface area contributed by atoms with Crippen LogP contribution >= 0.6 is 0 Å². The largest absolute Gasteiger partial charge is 0.503 e. The number of rotatable bonds is 13. The molecule has 3 aromatic carbocycles. The Morgan fingerprint density at radius 3 is 2.38 bits per heavy atom. The van der Waals surface area contributed by atoms with Crippen molar-refractivity contribution in [1.29, 1.82) is 0 Å². The van der Waals surface area contributed by atoms with Crippen LogP contribution in [0.3, 0.4) is 0 Å². The van der Waals surface area contributed by atoms with Gasteiger partial charge in [0.25, 0.3) is 5.91 Å². The van der Waals surface area contributed by atoms with Crippen molar-refractivity contribution in [2.45, 2.75) is 58.1 Å². The number of allylic oxidation sites excluding steroid dienone is 1. The quantitative estimate of drug-likeness (QED) is 0.0837. The lowest BCUT2D eigenvalue weighted by atomic mass is 9.87. The average molecular weight is 681 g/mol. The Hall–Kier alpha value is -5.84. The van der Waals surface area contributed by atoms with E-state index in [1.54, 1.807) is 39.0 Å². The predicted molar refractivity (Wildman–Crippen MR) is 187 cm³/mol. The molecule has 11 nitrogen and oxygen atoms in total. The zero-order valence-corrected chi connectivity index (χ0v) is 28.4. The van der Waals surface area contributed by atoms with Crippen molar-refractivity contribution in [2.75, 3.05) is 13.3 Å². The maximum atomic E-state index is 14.2. The summed E-state index contributed by atoms with van der Waals surface area (Å²) in [4.78, 5) is 45.0. The number of ether oxygens (including phenoxy) is 3. The predicted octanol–water partition coefficient (Wildman–Crippen LogP) is 7.30. The highest BCUT2D eigenvalue weighted by Gasteiger charge is 2.34. The summed E-state index contributed by atoms with van der Waals surface area (Å²) in [5.41, 5.74) is 1.44. The van der Waals surface area contributed by atoms with E-state index in [2.05, 4.69) is 4.98 Å². The summed E-state index contributed by atoms with van der Waals surface area (Å²) in [5, 5.41) is 20.9. The number of oxazole rings is 1. The number of carbonyl (C=O) groups is 3. The minimum Gasteiger partial charge on any atom is -0.503 e. The Labute approximate surface area is 290 Å². The molecule has 0 bridgehead atoms. The van der Waals surface area contributed by atoms with Crippen LogP contribution in [0.1, 0.15) is 63.5 Å². The summed E-state index contributed by atoms with van der Waals surface area (Å²) in [5.74, 6) is -3.24. The van der Waals surface area contributed by atoms with Crippen LogP contribution in [0.25, 0.3) is 23.3 Å². The van der Waals surface area contributed by atoms with Gasteiger partial charge in [0.05, 0.1) is 12.0 Å². The van der Waals surface area contributed by atoms with Crippen LogP contribution in [0.4, 0.5) is 0 Å². The van der Waals surface area contributed by atoms with Crippen molar-refractivity contribution in [3.63, 3.8) is 0 Å². The van der Waals surface area contributed by atoms with Gasteiger partial charge in [-0.1, -0.05) is 66.8 Å². The van der Waals surface area contributed by atoms with Crippen LogP contribution in [0.2, 0.25) is 0 Å². The lowest BCUT2D eigenvalue weighted by Crippen LogP contribution is -2.43. The smallest absolute Gasteiger partial charge is 0.339 e. The van der Waals surface area contributed by atoms with E-state index in [1.165, 1.54) is 4.90 Å². The third-order valence-corrected chi connectivity index (χ3v) is 7.99. The van der Waals surface area contributed by atoms with E-state index in [0.29, 0.717) is 29.4 Å². The molecule has 260 valence electrons. The highest BCUT2D eigenvalue weighted by molar-refractivity contribution is 6.03. The van der Waals surface area contributed by atoms with E-state index in [0.717, 1.165) is 16.6 Å². The Bertz CT molecular complexity index is 1900. The molecule has 2 heterocycles. The van der Waals surface area contributed by atoms with E-state index in [9.17, 15) is 24.6 Å². The third kappa shape index (κ3) is 8.98. The summed E-state index contributed by atoms with van der Waals surface area (Å²) in [6, 6.07) is 21.8. The number of amides is 1. The molecule has 2 atom stereocenters. The number of carboxylic acid groups (broad SMARTS) is 1. The molecule has 11 heteroatoms. The van der Waals surface area contributed by atoms with Crippen LogP contribution in [-0.4, -0.2) is 62.9 Å². The molecule has 5 rings (SSSR count). The zero-order valence-electron chi connectivity index (χ0n) is 28.4. The zero-order chi connectivity index (χ0) is 35.8. The van der Waals surface area contributed by atoms with Gasteiger partial charge in [0, 0.05) is 18.5 Å². The van der Waals surface area contributed by atoms with Crippen LogP contribution < -0.4 is 9.47 Å².